The van der Waals surface area contributed by atoms with E-state index < -0.39 is 10.0 Å². The van der Waals surface area contributed by atoms with E-state index in [2.05, 4.69) is 17.4 Å². The molecular formula is C28H32N2O4S. The normalized spacial score (nSPS) is 15.3. The maximum Gasteiger partial charge on any atom is 0.264 e. The highest BCUT2D eigenvalue weighted by molar-refractivity contribution is 7.92. The summed E-state index contributed by atoms with van der Waals surface area (Å²) in [7, 11) is -3.94. The van der Waals surface area contributed by atoms with E-state index in [4.69, 9.17) is 4.74 Å². The molecule has 7 heteroatoms. The molecule has 0 bridgehead atoms. The summed E-state index contributed by atoms with van der Waals surface area (Å²) < 4.78 is 34.1. The fourth-order valence-electron chi connectivity index (χ4n) is 4.65. The van der Waals surface area contributed by atoms with Crippen LogP contribution in [0.2, 0.25) is 0 Å². The van der Waals surface area contributed by atoms with Crippen molar-refractivity contribution < 1.29 is 17.9 Å². The first-order valence-corrected chi connectivity index (χ1v) is 13.5. The maximum absolute atomic E-state index is 13.7. The van der Waals surface area contributed by atoms with Gasteiger partial charge in [-0.15, -0.1) is 0 Å². The van der Waals surface area contributed by atoms with Crippen LogP contribution in [-0.2, 0) is 31.4 Å². The SMILES string of the molecule is CCc1ccccc1N(CC(=O)NCC1(c2ccccc2)CCOCC1)S(=O)(=O)c1ccccc1. The fraction of sp³-hybridized carbons (Fsp3) is 0.321. The second-order valence-electron chi connectivity index (χ2n) is 8.84. The Hall–Kier alpha value is -3.16. The van der Waals surface area contributed by atoms with Crippen LogP contribution in [0.5, 0.6) is 0 Å². The van der Waals surface area contributed by atoms with Crippen molar-refractivity contribution in [2.75, 3.05) is 30.6 Å². The summed E-state index contributed by atoms with van der Waals surface area (Å²) >= 11 is 0. The number of carbonyl (C=O) groups excluding carboxylic acids is 1. The van der Waals surface area contributed by atoms with Gasteiger partial charge in [0.1, 0.15) is 6.54 Å². The number of hydrogen-bond acceptors (Lipinski definition) is 4. The van der Waals surface area contributed by atoms with Gasteiger partial charge in [-0.2, -0.15) is 0 Å². The molecule has 1 heterocycles. The molecule has 1 saturated heterocycles. The monoisotopic (exact) mass is 492 g/mol. The third kappa shape index (κ3) is 5.57. The van der Waals surface area contributed by atoms with E-state index in [0.717, 1.165) is 24.0 Å². The number of amides is 1. The van der Waals surface area contributed by atoms with Gasteiger partial charge in [0.15, 0.2) is 0 Å². The van der Waals surface area contributed by atoms with E-state index in [0.29, 0.717) is 31.9 Å². The first kappa shape index (κ1) is 24.9. The molecule has 4 rings (SSSR count). The van der Waals surface area contributed by atoms with Crippen molar-refractivity contribution >= 4 is 21.6 Å². The molecule has 1 amide bonds. The van der Waals surface area contributed by atoms with Crippen molar-refractivity contribution in [2.24, 2.45) is 0 Å². The van der Waals surface area contributed by atoms with E-state index >= 15 is 0 Å². The van der Waals surface area contributed by atoms with Crippen LogP contribution in [0.15, 0.2) is 89.8 Å². The summed E-state index contributed by atoms with van der Waals surface area (Å²) in [6, 6.07) is 25.7. The maximum atomic E-state index is 13.7. The molecule has 0 aliphatic carbocycles. The van der Waals surface area contributed by atoms with Crippen LogP contribution in [0, 0.1) is 0 Å². The molecule has 0 spiro atoms. The van der Waals surface area contributed by atoms with Gasteiger partial charge in [0, 0.05) is 25.2 Å². The number of benzene rings is 3. The van der Waals surface area contributed by atoms with E-state index in [1.165, 1.54) is 4.31 Å². The van der Waals surface area contributed by atoms with E-state index in [1.54, 1.807) is 42.5 Å². The van der Waals surface area contributed by atoms with Gasteiger partial charge in [0.2, 0.25) is 5.91 Å². The Kier molecular flexibility index (Phi) is 7.88. The lowest BCUT2D eigenvalue weighted by Gasteiger charge is -2.38. The predicted molar refractivity (Wildman–Crippen MR) is 138 cm³/mol. The van der Waals surface area contributed by atoms with Gasteiger partial charge in [-0.05, 0) is 48.6 Å². The number of ether oxygens (including phenoxy) is 1. The third-order valence-corrected chi connectivity index (χ3v) is 8.49. The van der Waals surface area contributed by atoms with Gasteiger partial charge >= 0.3 is 0 Å². The lowest BCUT2D eigenvalue weighted by molar-refractivity contribution is -0.120. The zero-order chi connectivity index (χ0) is 24.7. The Morgan fingerprint density at radius 2 is 1.51 bits per heavy atom. The molecule has 1 fully saturated rings. The summed E-state index contributed by atoms with van der Waals surface area (Å²) in [6.45, 7) is 3.36. The number of rotatable bonds is 9. The van der Waals surface area contributed by atoms with Crippen LogP contribution >= 0.6 is 0 Å². The number of nitrogens with one attached hydrogen (secondary N) is 1. The topological polar surface area (TPSA) is 75.7 Å². The summed E-state index contributed by atoms with van der Waals surface area (Å²) in [4.78, 5) is 13.4. The Balaban J connectivity index is 1.60. The molecule has 3 aromatic carbocycles. The molecule has 0 radical (unpaired) electrons. The van der Waals surface area contributed by atoms with E-state index in [9.17, 15) is 13.2 Å². The van der Waals surface area contributed by atoms with Crippen molar-refractivity contribution in [3.63, 3.8) is 0 Å². The largest absolute Gasteiger partial charge is 0.381 e. The third-order valence-electron chi connectivity index (χ3n) is 6.72. The van der Waals surface area contributed by atoms with Crippen LogP contribution in [0.3, 0.4) is 0 Å². The second-order valence-corrected chi connectivity index (χ2v) is 10.7. The van der Waals surface area contributed by atoms with Gasteiger partial charge in [-0.1, -0.05) is 73.7 Å². The van der Waals surface area contributed by atoms with E-state index in [-0.39, 0.29) is 22.8 Å². The highest BCUT2D eigenvalue weighted by Crippen LogP contribution is 2.34. The average Bonchev–Trinajstić information content (AvgIpc) is 2.92. The first-order chi connectivity index (χ1) is 17.0. The second kappa shape index (κ2) is 11.1. The predicted octanol–water partition coefficient (Wildman–Crippen LogP) is 4.31. The van der Waals surface area contributed by atoms with Gasteiger partial charge in [0.05, 0.1) is 10.6 Å². The molecule has 184 valence electrons. The molecule has 6 nitrogen and oxygen atoms in total. The number of aryl methyl sites for hydroxylation is 1. The molecule has 3 aromatic rings. The summed E-state index contributed by atoms with van der Waals surface area (Å²) in [5.41, 5.74) is 2.32. The Labute approximate surface area is 208 Å². The average molecular weight is 493 g/mol. The molecular weight excluding hydrogens is 460 g/mol. The van der Waals surface area contributed by atoms with Crippen LogP contribution < -0.4 is 9.62 Å². The summed E-state index contributed by atoms with van der Waals surface area (Å²) in [5.74, 6) is -0.336. The van der Waals surface area contributed by atoms with Crippen LogP contribution in [0.4, 0.5) is 5.69 Å². The van der Waals surface area contributed by atoms with Gasteiger partial charge in [-0.25, -0.2) is 8.42 Å². The Bertz CT molecular complexity index is 1220. The minimum absolute atomic E-state index is 0.156. The van der Waals surface area contributed by atoms with Crippen molar-refractivity contribution in [1.29, 1.82) is 0 Å². The van der Waals surface area contributed by atoms with Gasteiger partial charge in [-0.3, -0.25) is 9.10 Å². The van der Waals surface area contributed by atoms with Crippen molar-refractivity contribution in [3.8, 4) is 0 Å². The molecule has 0 atom stereocenters. The van der Waals surface area contributed by atoms with Crippen LogP contribution in [0.1, 0.15) is 30.9 Å². The molecule has 1 N–H and O–H groups in total. The smallest absolute Gasteiger partial charge is 0.264 e. The van der Waals surface area contributed by atoms with Crippen molar-refractivity contribution in [3.05, 3.63) is 96.1 Å². The highest BCUT2D eigenvalue weighted by Gasteiger charge is 2.35. The van der Waals surface area contributed by atoms with Crippen LogP contribution in [-0.4, -0.2) is 40.6 Å². The minimum Gasteiger partial charge on any atom is -0.381 e. The molecule has 1 aliphatic heterocycles. The number of sulfonamides is 1. The number of carbonyl (C=O) groups is 1. The fourth-order valence-corrected chi connectivity index (χ4v) is 6.13. The molecule has 0 unspecified atom stereocenters. The van der Waals surface area contributed by atoms with Gasteiger partial charge < -0.3 is 10.1 Å². The molecule has 35 heavy (non-hydrogen) atoms. The summed E-state index contributed by atoms with van der Waals surface area (Å²) in [6.07, 6.45) is 2.24. The molecule has 0 saturated carbocycles. The lowest BCUT2D eigenvalue weighted by Crippen LogP contribution is -2.48. The van der Waals surface area contributed by atoms with Gasteiger partial charge in [0.25, 0.3) is 10.0 Å². The number of hydrogen-bond donors (Lipinski definition) is 1. The standard InChI is InChI=1S/C28H32N2O4S/c1-2-23-11-9-10-16-26(23)30(35(32,33)25-14-7-4-8-15-25)21-27(31)29-22-28(17-19-34-20-18-28)24-12-5-3-6-13-24/h3-16H,2,17-22H2,1H3,(H,29,31). The Morgan fingerprint density at radius 3 is 2.17 bits per heavy atom. The zero-order valence-corrected chi connectivity index (χ0v) is 20.8. The van der Waals surface area contributed by atoms with E-state index in [1.807, 2.05) is 37.3 Å². The van der Waals surface area contributed by atoms with Crippen molar-refractivity contribution in [1.82, 2.24) is 5.32 Å². The quantitative estimate of drug-likeness (QED) is 0.483. The number of anilines is 1. The molecule has 1 aliphatic rings. The minimum atomic E-state index is -3.94. The molecule has 0 aromatic heterocycles. The highest BCUT2D eigenvalue weighted by atomic mass is 32.2. The number of para-hydroxylation sites is 1. The Morgan fingerprint density at radius 1 is 0.914 bits per heavy atom. The van der Waals surface area contributed by atoms with Crippen molar-refractivity contribution in [2.45, 2.75) is 36.5 Å². The zero-order valence-electron chi connectivity index (χ0n) is 20.0. The first-order valence-electron chi connectivity index (χ1n) is 12.0. The number of nitrogens with zero attached hydrogens (tertiary/aromatic N) is 1. The lowest BCUT2D eigenvalue weighted by atomic mass is 9.74. The summed E-state index contributed by atoms with van der Waals surface area (Å²) in [5, 5.41) is 3.05. The van der Waals surface area contributed by atoms with Crippen LogP contribution in [0.25, 0.3) is 0 Å².